The monoisotopic (exact) mass is 398 g/mol. The van der Waals surface area contributed by atoms with E-state index in [-0.39, 0.29) is 12.5 Å². The number of H-pyrrole nitrogens is 1. The summed E-state index contributed by atoms with van der Waals surface area (Å²) in [5.74, 6) is 2.03. The van der Waals surface area contributed by atoms with Crippen LogP contribution in [0.5, 0.6) is 0 Å². The Kier molecular flexibility index (Phi) is 3.78. The van der Waals surface area contributed by atoms with Gasteiger partial charge in [0, 0.05) is 36.0 Å². The number of hydrogen-bond acceptors (Lipinski definition) is 4. The second kappa shape index (κ2) is 6.52. The van der Waals surface area contributed by atoms with E-state index in [1.807, 2.05) is 17.2 Å². The van der Waals surface area contributed by atoms with Crippen LogP contribution < -0.4 is 0 Å². The Balaban J connectivity index is 1.46. The van der Waals surface area contributed by atoms with Crippen molar-refractivity contribution in [2.24, 2.45) is 4.99 Å². The van der Waals surface area contributed by atoms with Crippen LogP contribution in [0.15, 0.2) is 47.9 Å². The number of nitrogens with one attached hydrogen (secondary N) is 1. The average Bonchev–Trinajstić information content (AvgIpc) is 3.38. The fraction of sp³-hybridized carbons (Fsp3) is 0.304. The highest BCUT2D eigenvalue weighted by atomic mass is 16.2. The van der Waals surface area contributed by atoms with E-state index < -0.39 is 0 Å². The first kappa shape index (κ1) is 17.4. The number of allylic oxidation sites excluding steroid dienone is 1. The van der Waals surface area contributed by atoms with Gasteiger partial charge in [0.15, 0.2) is 11.7 Å². The molecule has 0 radical (unpaired) electrons. The van der Waals surface area contributed by atoms with Gasteiger partial charge in [-0.3, -0.25) is 9.79 Å². The first-order valence-electron chi connectivity index (χ1n) is 10.4. The third-order valence-electron chi connectivity index (χ3n) is 6.10. The van der Waals surface area contributed by atoms with Crippen LogP contribution in [-0.2, 0) is 11.2 Å². The Morgan fingerprint density at radius 1 is 1.20 bits per heavy atom. The average molecular weight is 398 g/mol. The molecule has 4 heterocycles. The summed E-state index contributed by atoms with van der Waals surface area (Å²) in [4.78, 5) is 27.0. The van der Waals surface area contributed by atoms with Crippen LogP contribution in [-0.4, -0.2) is 49.5 Å². The summed E-state index contributed by atoms with van der Waals surface area (Å²) in [6.45, 7) is 2.84. The summed E-state index contributed by atoms with van der Waals surface area (Å²) in [6.07, 6.45) is 8.87. The first-order chi connectivity index (χ1) is 14.7. The Bertz CT molecular complexity index is 1230. The summed E-state index contributed by atoms with van der Waals surface area (Å²) in [7, 11) is 0. The van der Waals surface area contributed by atoms with Crippen molar-refractivity contribution >= 4 is 17.4 Å². The lowest BCUT2D eigenvalue weighted by molar-refractivity contribution is -0.126. The summed E-state index contributed by atoms with van der Waals surface area (Å²) in [5, 5.41) is 4.62. The molecule has 2 aromatic heterocycles. The topological polar surface area (TPSA) is 79.2 Å². The zero-order valence-corrected chi connectivity index (χ0v) is 16.8. The van der Waals surface area contributed by atoms with E-state index in [9.17, 15) is 4.79 Å². The molecule has 0 saturated heterocycles. The minimum atomic E-state index is 0.0207. The summed E-state index contributed by atoms with van der Waals surface area (Å²) in [5.41, 5.74) is 6.78. The SMILES string of the molecule is Cc1cc(-c2cccc3c2CCN2C(=O)CN=C(n4cnc(C5CC5)n4)C=C32)c[nH]1. The highest BCUT2D eigenvalue weighted by molar-refractivity contribution is 6.06. The molecule has 0 unspecified atom stereocenters. The second-order valence-corrected chi connectivity index (χ2v) is 8.22. The van der Waals surface area contributed by atoms with Gasteiger partial charge in [-0.05, 0) is 48.9 Å². The van der Waals surface area contributed by atoms with Crippen LogP contribution >= 0.6 is 0 Å². The molecular formula is C23H22N6O. The Hall–Kier alpha value is -3.48. The van der Waals surface area contributed by atoms with E-state index in [1.165, 1.54) is 16.7 Å². The molecule has 0 atom stereocenters. The number of aliphatic imine (C=N–C) groups is 1. The van der Waals surface area contributed by atoms with E-state index in [1.54, 1.807) is 11.0 Å². The van der Waals surface area contributed by atoms with Crippen molar-refractivity contribution in [3.63, 3.8) is 0 Å². The molecule has 7 nitrogen and oxygen atoms in total. The molecule has 3 aliphatic rings. The lowest BCUT2D eigenvalue weighted by Crippen LogP contribution is -2.36. The zero-order chi connectivity index (χ0) is 20.2. The van der Waals surface area contributed by atoms with Gasteiger partial charge in [-0.15, -0.1) is 5.10 Å². The van der Waals surface area contributed by atoms with E-state index in [2.05, 4.69) is 51.2 Å². The van der Waals surface area contributed by atoms with Crippen LogP contribution in [0.25, 0.3) is 16.8 Å². The van der Waals surface area contributed by atoms with Crippen LogP contribution in [0, 0.1) is 6.92 Å². The molecule has 1 fully saturated rings. The number of aromatic nitrogens is 4. The number of benzene rings is 1. The Morgan fingerprint density at radius 2 is 2.07 bits per heavy atom. The van der Waals surface area contributed by atoms with Crippen molar-refractivity contribution in [2.75, 3.05) is 13.1 Å². The van der Waals surface area contributed by atoms with E-state index in [4.69, 9.17) is 0 Å². The van der Waals surface area contributed by atoms with Gasteiger partial charge in [-0.2, -0.15) is 0 Å². The van der Waals surface area contributed by atoms with Crippen molar-refractivity contribution < 1.29 is 4.79 Å². The van der Waals surface area contributed by atoms with Crippen molar-refractivity contribution in [1.82, 2.24) is 24.6 Å². The Labute approximate surface area is 174 Å². The van der Waals surface area contributed by atoms with Crippen molar-refractivity contribution in [3.05, 3.63) is 65.5 Å². The molecule has 1 N–H and O–H groups in total. The minimum Gasteiger partial charge on any atom is -0.365 e. The molecule has 2 aliphatic heterocycles. The molecule has 3 aromatic rings. The first-order valence-corrected chi connectivity index (χ1v) is 10.4. The number of fused-ring (bicyclic) bond motifs is 3. The normalized spacial score (nSPS) is 18.4. The van der Waals surface area contributed by atoms with E-state index >= 15 is 0 Å². The van der Waals surface area contributed by atoms with Gasteiger partial charge in [0.2, 0.25) is 5.91 Å². The standard InChI is InChI=1S/C23H22N6O/c1-14-9-16(11-24-14)17-3-2-4-19-18(17)7-8-28-20(19)10-21(25-12-22(28)30)29-13-26-23(27-29)15-5-6-15/h2-4,9-11,13,15,24H,5-8,12H2,1H3. The highest BCUT2D eigenvalue weighted by Gasteiger charge is 2.31. The van der Waals surface area contributed by atoms with Crippen LogP contribution in [0.3, 0.4) is 0 Å². The van der Waals surface area contributed by atoms with Gasteiger partial charge in [-0.1, -0.05) is 18.2 Å². The number of carbonyl (C=O) groups is 1. The van der Waals surface area contributed by atoms with Gasteiger partial charge in [0.05, 0.1) is 5.70 Å². The predicted molar refractivity (Wildman–Crippen MR) is 114 cm³/mol. The van der Waals surface area contributed by atoms with Gasteiger partial charge >= 0.3 is 0 Å². The van der Waals surface area contributed by atoms with E-state index in [0.29, 0.717) is 18.3 Å². The van der Waals surface area contributed by atoms with Crippen molar-refractivity contribution in [1.29, 1.82) is 0 Å². The molecule has 0 spiro atoms. The fourth-order valence-electron chi connectivity index (χ4n) is 4.39. The quantitative estimate of drug-likeness (QED) is 0.720. The van der Waals surface area contributed by atoms with Crippen molar-refractivity contribution in [3.8, 4) is 11.1 Å². The highest BCUT2D eigenvalue weighted by Crippen LogP contribution is 2.38. The van der Waals surface area contributed by atoms with Gasteiger partial charge in [-0.25, -0.2) is 9.67 Å². The van der Waals surface area contributed by atoms with Crippen LogP contribution in [0.4, 0.5) is 0 Å². The smallest absolute Gasteiger partial charge is 0.248 e. The number of hydrogen-bond donors (Lipinski definition) is 1. The Morgan fingerprint density at radius 3 is 2.87 bits per heavy atom. The molecule has 7 heteroatoms. The van der Waals surface area contributed by atoms with E-state index in [0.717, 1.165) is 42.0 Å². The second-order valence-electron chi connectivity index (χ2n) is 8.22. The fourth-order valence-corrected chi connectivity index (χ4v) is 4.39. The third kappa shape index (κ3) is 2.81. The number of nitrogens with zero attached hydrogens (tertiary/aromatic N) is 5. The molecule has 30 heavy (non-hydrogen) atoms. The third-order valence-corrected chi connectivity index (χ3v) is 6.10. The number of rotatable bonds is 2. The number of aromatic amines is 1. The van der Waals surface area contributed by atoms with Gasteiger partial charge in [0.1, 0.15) is 12.9 Å². The van der Waals surface area contributed by atoms with Crippen LogP contribution in [0.1, 0.15) is 41.4 Å². The van der Waals surface area contributed by atoms with Gasteiger partial charge in [0.25, 0.3) is 0 Å². The number of amides is 1. The number of carbonyl (C=O) groups excluding carboxylic acids is 1. The molecule has 1 saturated carbocycles. The maximum absolute atomic E-state index is 12.8. The molecule has 1 aromatic carbocycles. The molecule has 1 amide bonds. The maximum atomic E-state index is 12.8. The predicted octanol–water partition coefficient (Wildman–Crippen LogP) is 3.15. The van der Waals surface area contributed by atoms with Crippen molar-refractivity contribution in [2.45, 2.75) is 32.1 Å². The van der Waals surface area contributed by atoms with Gasteiger partial charge < -0.3 is 9.88 Å². The maximum Gasteiger partial charge on any atom is 0.248 e. The molecular weight excluding hydrogens is 376 g/mol. The molecule has 150 valence electrons. The summed E-state index contributed by atoms with van der Waals surface area (Å²) < 4.78 is 1.71. The largest absolute Gasteiger partial charge is 0.365 e. The minimum absolute atomic E-state index is 0.0207. The molecule has 6 rings (SSSR count). The zero-order valence-electron chi connectivity index (χ0n) is 16.8. The lowest BCUT2D eigenvalue weighted by Gasteiger charge is -2.31. The molecule has 0 bridgehead atoms. The summed E-state index contributed by atoms with van der Waals surface area (Å²) in [6, 6.07) is 8.48. The molecule has 1 aliphatic carbocycles. The lowest BCUT2D eigenvalue weighted by atomic mass is 9.89. The van der Waals surface area contributed by atoms with Crippen LogP contribution in [0.2, 0.25) is 0 Å². The number of aryl methyl sites for hydroxylation is 1. The summed E-state index contributed by atoms with van der Waals surface area (Å²) >= 11 is 0.